The van der Waals surface area contributed by atoms with Gasteiger partial charge in [0.05, 0.1) is 21.3 Å². The van der Waals surface area contributed by atoms with Crippen LogP contribution in [0.2, 0.25) is 0 Å². The summed E-state index contributed by atoms with van der Waals surface area (Å²) in [5.41, 5.74) is 5.17. The predicted molar refractivity (Wildman–Crippen MR) is 133 cm³/mol. The van der Waals surface area contributed by atoms with Gasteiger partial charge in [-0.2, -0.15) is 0 Å². The van der Waals surface area contributed by atoms with Gasteiger partial charge in [0.2, 0.25) is 5.91 Å². The number of nitrogens with zero attached hydrogens (tertiary/aromatic N) is 1. The molecule has 1 aromatic heterocycles. The monoisotopic (exact) mass is 464 g/mol. The number of benzene rings is 3. The molecule has 172 valence electrons. The fraction of sp³-hybridized carbons (Fsp3) is 0.200. The second-order valence-corrected chi connectivity index (χ2v) is 9.59. The maximum Gasteiger partial charge on any atom is 0.235 e. The molecule has 1 aliphatic rings. The minimum absolute atomic E-state index is 0. The number of anilines is 1. The summed E-state index contributed by atoms with van der Waals surface area (Å²) >= 11 is 0. The van der Waals surface area contributed by atoms with Gasteiger partial charge in [-0.05, 0) is 79.9 Å². The van der Waals surface area contributed by atoms with Crippen molar-refractivity contribution in [3.63, 3.8) is 0 Å². The average Bonchev–Trinajstić information content (AvgIpc) is 3.54. The van der Waals surface area contributed by atoms with Gasteiger partial charge in [0.1, 0.15) is 16.8 Å². The smallest absolute Gasteiger partial charge is 0.235 e. The third kappa shape index (κ3) is 4.32. The van der Waals surface area contributed by atoms with Crippen LogP contribution in [0.5, 0.6) is 0 Å². The van der Waals surface area contributed by atoms with E-state index in [0.29, 0.717) is 0 Å². The number of rotatable bonds is 6. The van der Waals surface area contributed by atoms with E-state index in [9.17, 15) is 9.00 Å². The van der Waals surface area contributed by atoms with E-state index >= 15 is 0 Å². The maximum atomic E-state index is 13.3. The number of H-pyrrole nitrogens is 1. The predicted octanol–water partition coefficient (Wildman–Crippen LogP) is 3.87. The van der Waals surface area contributed by atoms with Crippen LogP contribution in [0.15, 0.2) is 71.6 Å². The van der Waals surface area contributed by atoms with E-state index in [1.54, 1.807) is 7.05 Å². The summed E-state index contributed by atoms with van der Waals surface area (Å²) in [5.74, 6) is 0.887. The van der Waals surface area contributed by atoms with Crippen LogP contribution in [0, 0.1) is 6.92 Å². The molecule has 0 saturated heterocycles. The summed E-state index contributed by atoms with van der Waals surface area (Å²) in [7, 11) is 0.454. The molecule has 4 aromatic rings. The van der Waals surface area contributed by atoms with Gasteiger partial charge in [-0.1, -0.05) is 30.3 Å². The van der Waals surface area contributed by atoms with Gasteiger partial charge >= 0.3 is 0 Å². The molecule has 0 spiro atoms. The van der Waals surface area contributed by atoms with Crippen LogP contribution in [0.25, 0.3) is 22.2 Å². The fourth-order valence-corrected chi connectivity index (χ4v) is 4.74. The van der Waals surface area contributed by atoms with Gasteiger partial charge in [0.25, 0.3) is 0 Å². The first kappa shape index (κ1) is 22.8. The van der Waals surface area contributed by atoms with Crippen molar-refractivity contribution in [1.29, 1.82) is 0 Å². The largest absolute Gasteiger partial charge is 0.412 e. The highest BCUT2D eigenvalue weighted by molar-refractivity contribution is 7.83. The molecule has 7 nitrogen and oxygen atoms in total. The summed E-state index contributed by atoms with van der Waals surface area (Å²) in [5, 5.41) is 3.12. The van der Waals surface area contributed by atoms with E-state index < -0.39 is 16.4 Å². The van der Waals surface area contributed by atoms with Crippen molar-refractivity contribution in [1.82, 2.24) is 14.7 Å². The van der Waals surface area contributed by atoms with Crippen molar-refractivity contribution < 1.29 is 15.9 Å². The maximum absolute atomic E-state index is 13.3. The highest BCUT2D eigenvalue weighted by atomic mass is 32.2. The zero-order valence-electron chi connectivity index (χ0n) is 18.4. The second kappa shape index (κ2) is 8.90. The highest BCUT2D eigenvalue weighted by Crippen LogP contribution is 2.49. The number of hydrogen-bond acceptors (Lipinski definition) is 3. The summed E-state index contributed by atoms with van der Waals surface area (Å²) in [4.78, 5) is 21.7. The molecule has 1 heterocycles. The molecule has 33 heavy (non-hydrogen) atoms. The molecule has 3 aromatic carbocycles. The summed E-state index contributed by atoms with van der Waals surface area (Å²) in [6, 6.07) is 21.4. The number of carbonyl (C=O) groups is 1. The van der Waals surface area contributed by atoms with Crippen LogP contribution in [-0.4, -0.2) is 32.6 Å². The number of fused-ring (bicyclic) bond motifs is 1. The Hall–Kier alpha value is -3.33. The molecule has 1 atom stereocenters. The molecule has 5 N–H and O–H groups in total. The number of hydrogen-bond donors (Lipinski definition) is 3. The number of aryl methyl sites for hydroxylation is 1. The van der Waals surface area contributed by atoms with Crippen LogP contribution in [0.3, 0.4) is 0 Å². The molecule has 0 radical (unpaired) electrons. The minimum atomic E-state index is -1.21. The number of imidazole rings is 1. The van der Waals surface area contributed by atoms with Crippen molar-refractivity contribution in [3.05, 3.63) is 78.1 Å². The van der Waals surface area contributed by atoms with Gasteiger partial charge < -0.3 is 15.8 Å². The number of aromatic amines is 1. The Morgan fingerprint density at radius 3 is 2.52 bits per heavy atom. The van der Waals surface area contributed by atoms with E-state index in [4.69, 9.17) is 0 Å². The number of amides is 1. The normalized spacial score (nSPS) is 15.0. The molecule has 0 bridgehead atoms. The van der Waals surface area contributed by atoms with Crippen LogP contribution >= 0.6 is 0 Å². The minimum Gasteiger partial charge on any atom is -0.412 e. The second-order valence-electron chi connectivity index (χ2n) is 8.17. The van der Waals surface area contributed by atoms with E-state index in [-0.39, 0.29) is 12.8 Å². The zero-order chi connectivity index (χ0) is 22.3. The molecular weight excluding hydrogens is 436 g/mol. The quantitative estimate of drug-likeness (QED) is 0.402. The van der Waals surface area contributed by atoms with Gasteiger partial charge in [-0.25, -0.2) is 13.9 Å². The van der Waals surface area contributed by atoms with Crippen molar-refractivity contribution >= 4 is 33.6 Å². The Labute approximate surface area is 196 Å². The van der Waals surface area contributed by atoms with Crippen molar-refractivity contribution in [2.24, 2.45) is 0 Å². The first-order chi connectivity index (χ1) is 15.5. The van der Waals surface area contributed by atoms with Gasteiger partial charge in [-0.3, -0.25) is 4.79 Å². The first-order valence-electron chi connectivity index (χ1n) is 10.6. The van der Waals surface area contributed by atoms with E-state index in [1.165, 1.54) is 0 Å². The lowest BCUT2D eigenvalue weighted by molar-refractivity contribution is -0.118. The zero-order valence-corrected chi connectivity index (χ0v) is 19.3. The van der Waals surface area contributed by atoms with Crippen LogP contribution in [-0.2, 0) is 21.2 Å². The Morgan fingerprint density at radius 2 is 1.82 bits per heavy atom. The van der Waals surface area contributed by atoms with Crippen LogP contribution < -0.4 is 10.0 Å². The number of nitrogens with one attached hydrogen (secondary N) is 3. The molecule has 5 rings (SSSR count). The summed E-state index contributed by atoms with van der Waals surface area (Å²) in [6.07, 6.45) is 1.67. The van der Waals surface area contributed by atoms with E-state index in [0.717, 1.165) is 57.0 Å². The van der Waals surface area contributed by atoms with E-state index in [2.05, 4.69) is 26.1 Å². The third-order valence-corrected chi connectivity index (χ3v) is 7.12. The molecule has 0 aliphatic heterocycles. The van der Waals surface area contributed by atoms with Crippen LogP contribution in [0.1, 0.15) is 25.7 Å². The van der Waals surface area contributed by atoms with Crippen molar-refractivity contribution in [2.75, 3.05) is 12.4 Å². The topological polar surface area (TPSA) is 118 Å². The molecular formula is C25H28N4O3S. The molecule has 1 amide bonds. The Morgan fingerprint density at radius 1 is 1.06 bits per heavy atom. The lowest BCUT2D eigenvalue weighted by Crippen LogP contribution is -2.27. The highest BCUT2D eigenvalue weighted by Gasteiger charge is 2.51. The van der Waals surface area contributed by atoms with Crippen LogP contribution in [0.4, 0.5) is 5.69 Å². The SMILES string of the molecule is CNS(=O)c1ccc(-c2cccc(NC(=O)C3(c4ccc5nc(C)[nH]c5c4)CC3)c2)cc1.O.[HH]. The summed E-state index contributed by atoms with van der Waals surface area (Å²) in [6.45, 7) is 1.93. The lowest BCUT2D eigenvalue weighted by Gasteiger charge is -2.16. The molecule has 1 unspecified atom stereocenters. The molecule has 8 heteroatoms. The number of aromatic nitrogens is 2. The third-order valence-electron chi connectivity index (χ3n) is 6.05. The average molecular weight is 465 g/mol. The van der Waals surface area contributed by atoms with Gasteiger partial charge in [0, 0.05) is 7.11 Å². The molecule has 1 saturated carbocycles. The Kier molecular flexibility index (Phi) is 6.16. The first-order valence-corrected chi connectivity index (χ1v) is 11.7. The Bertz CT molecular complexity index is 1350. The molecule has 1 fully saturated rings. The number of carbonyl (C=O) groups excluding carboxylic acids is 1. The van der Waals surface area contributed by atoms with Crippen molar-refractivity contribution in [3.8, 4) is 11.1 Å². The van der Waals surface area contributed by atoms with Gasteiger partial charge in [0.15, 0.2) is 0 Å². The fourth-order valence-electron chi connectivity index (χ4n) is 4.12. The summed E-state index contributed by atoms with van der Waals surface area (Å²) < 4.78 is 14.6. The molecule has 1 aliphatic carbocycles. The standard InChI is InChI=1S/C25H24N4O2S.H2O.H2/c1-16-27-22-11-8-19(15-23(22)28-16)25(12-13-25)24(30)29-20-5-3-4-18(14-20)17-6-9-21(10-7-17)32(31)26-2;;/h3-11,14-15,26H,12-13H2,1-2H3,(H,27,28)(H,29,30);1H2;1H. The Balaban J connectivity index is 0.00000162. The van der Waals surface area contributed by atoms with Gasteiger partial charge in [-0.15, -0.1) is 0 Å². The van der Waals surface area contributed by atoms with Crippen molar-refractivity contribution in [2.45, 2.75) is 30.1 Å². The van der Waals surface area contributed by atoms with E-state index in [1.807, 2.05) is 67.6 Å². The lowest BCUT2D eigenvalue weighted by atomic mass is 9.94.